The van der Waals surface area contributed by atoms with Crippen LogP contribution < -0.4 is 5.32 Å². The molecular weight excluding hydrogens is 396 g/mol. The quantitative estimate of drug-likeness (QED) is 0.459. The second-order valence-corrected chi connectivity index (χ2v) is 7.61. The van der Waals surface area contributed by atoms with Crippen LogP contribution in [0, 0.1) is 20.8 Å². The van der Waals surface area contributed by atoms with Crippen LogP contribution in [0.5, 0.6) is 0 Å². The van der Waals surface area contributed by atoms with Gasteiger partial charge >= 0.3 is 0 Å². The van der Waals surface area contributed by atoms with Crippen LogP contribution in [-0.4, -0.2) is 20.7 Å². The highest BCUT2D eigenvalue weighted by Crippen LogP contribution is 2.25. The van der Waals surface area contributed by atoms with Gasteiger partial charge in [0.05, 0.1) is 5.69 Å². The SMILES string of the molecule is Cc1ccc(Cl)cc1NC(=O)c1nc(-c2ccccc2)n(-c2cccc(C)c2C)n1. The van der Waals surface area contributed by atoms with Crippen molar-refractivity contribution in [3.63, 3.8) is 0 Å². The number of rotatable bonds is 4. The second kappa shape index (κ2) is 8.13. The fourth-order valence-electron chi connectivity index (χ4n) is 3.22. The van der Waals surface area contributed by atoms with Gasteiger partial charge in [0.1, 0.15) is 0 Å². The summed E-state index contributed by atoms with van der Waals surface area (Å²) in [7, 11) is 0. The van der Waals surface area contributed by atoms with Crippen LogP contribution in [0.25, 0.3) is 17.1 Å². The van der Waals surface area contributed by atoms with Gasteiger partial charge in [0.25, 0.3) is 5.91 Å². The van der Waals surface area contributed by atoms with Gasteiger partial charge < -0.3 is 5.32 Å². The number of hydrogen-bond donors (Lipinski definition) is 1. The number of carbonyl (C=O) groups excluding carboxylic acids is 1. The van der Waals surface area contributed by atoms with Gasteiger partial charge in [0.2, 0.25) is 5.82 Å². The van der Waals surface area contributed by atoms with Crippen molar-refractivity contribution < 1.29 is 4.79 Å². The lowest BCUT2D eigenvalue weighted by molar-refractivity contribution is 0.101. The maximum absolute atomic E-state index is 13.0. The first-order valence-electron chi connectivity index (χ1n) is 9.60. The normalized spacial score (nSPS) is 10.8. The van der Waals surface area contributed by atoms with Crippen molar-refractivity contribution in [2.45, 2.75) is 20.8 Å². The zero-order valence-electron chi connectivity index (χ0n) is 17.0. The number of benzene rings is 3. The van der Waals surface area contributed by atoms with Gasteiger partial charge in [-0.25, -0.2) is 9.67 Å². The molecule has 0 fully saturated rings. The summed E-state index contributed by atoms with van der Waals surface area (Å²) in [6.45, 7) is 5.99. The Morgan fingerprint density at radius 3 is 2.47 bits per heavy atom. The summed E-state index contributed by atoms with van der Waals surface area (Å²) in [5, 5.41) is 7.99. The van der Waals surface area contributed by atoms with Crippen LogP contribution in [0.2, 0.25) is 5.02 Å². The Hall–Kier alpha value is -3.44. The summed E-state index contributed by atoms with van der Waals surface area (Å²) < 4.78 is 1.73. The monoisotopic (exact) mass is 416 g/mol. The van der Waals surface area contributed by atoms with Gasteiger partial charge in [0.15, 0.2) is 5.82 Å². The minimum absolute atomic E-state index is 0.0918. The van der Waals surface area contributed by atoms with Crippen molar-refractivity contribution >= 4 is 23.2 Å². The van der Waals surface area contributed by atoms with E-state index in [4.69, 9.17) is 11.6 Å². The van der Waals surface area contributed by atoms with Gasteiger partial charge in [-0.2, -0.15) is 0 Å². The smallest absolute Gasteiger partial charge is 0.295 e. The molecule has 0 saturated carbocycles. The molecule has 0 saturated heterocycles. The van der Waals surface area contributed by atoms with Crippen LogP contribution >= 0.6 is 11.6 Å². The molecule has 1 amide bonds. The number of amides is 1. The molecule has 0 unspecified atom stereocenters. The molecule has 0 radical (unpaired) electrons. The van der Waals surface area contributed by atoms with Crippen molar-refractivity contribution in [1.82, 2.24) is 14.8 Å². The third-order valence-electron chi connectivity index (χ3n) is 5.09. The molecule has 4 rings (SSSR count). The lowest BCUT2D eigenvalue weighted by atomic mass is 10.1. The summed E-state index contributed by atoms with van der Waals surface area (Å²) in [6.07, 6.45) is 0. The predicted molar refractivity (Wildman–Crippen MR) is 120 cm³/mol. The van der Waals surface area contributed by atoms with E-state index in [1.165, 1.54) is 0 Å². The van der Waals surface area contributed by atoms with Crippen molar-refractivity contribution in [2.75, 3.05) is 5.32 Å². The average Bonchev–Trinajstić information content (AvgIpc) is 3.19. The van der Waals surface area contributed by atoms with E-state index in [1.54, 1.807) is 16.8 Å². The van der Waals surface area contributed by atoms with Crippen LogP contribution in [0.1, 0.15) is 27.3 Å². The topological polar surface area (TPSA) is 59.8 Å². The molecule has 0 bridgehead atoms. The van der Waals surface area contributed by atoms with Crippen molar-refractivity contribution in [2.24, 2.45) is 0 Å². The Bertz CT molecular complexity index is 1230. The maximum atomic E-state index is 13.0. The lowest BCUT2D eigenvalue weighted by Crippen LogP contribution is -2.15. The Kier molecular flexibility index (Phi) is 5.38. The number of anilines is 1. The highest BCUT2D eigenvalue weighted by atomic mass is 35.5. The van der Waals surface area contributed by atoms with E-state index in [9.17, 15) is 4.79 Å². The first-order chi connectivity index (χ1) is 14.4. The van der Waals surface area contributed by atoms with Crippen LogP contribution in [0.3, 0.4) is 0 Å². The fraction of sp³-hybridized carbons (Fsp3) is 0.125. The van der Waals surface area contributed by atoms with Crippen LogP contribution in [-0.2, 0) is 0 Å². The molecule has 150 valence electrons. The lowest BCUT2D eigenvalue weighted by Gasteiger charge is -2.11. The summed E-state index contributed by atoms with van der Waals surface area (Å²) in [6, 6.07) is 21.1. The van der Waals surface area contributed by atoms with Gasteiger partial charge in [-0.15, -0.1) is 5.10 Å². The molecule has 4 aromatic rings. The molecule has 1 aromatic heterocycles. The zero-order valence-corrected chi connectivity index (χ0v) is 17.7. The highest BCUT2D eigenvalue weighted by Gasteiger charge is 2.20. The zero-order chi connectivity index (χ0) is 21.3. The first kappa shape index (κ1) is 19.9. The molecule has 0 aliphatic carbocycles. The van der Waals surface area contributed by atoms with Crippen LogP contribution in [0.4, 0.5) is 5.69 Å². The van der Waals surface area contributed by atoms with Gasteiger partial charge in [-0.05, 0) is 55.7 Å². The summed E-state index contributed by atoms with van der Waals surface area (Å²) in [4.78, 5) is 17.5. The molecule has 1 N–H and O–H groups in total. The molecule has 3 aromatic carbocycles. The predicted octanol–water partition coefficient (Wildman–Crippen LogP) is 5.77. The number of aromatic nitrogens is 3. The second-order valence-electron chi connectivity index (χ2n) is 7.17. The molecule has 0 spiro atoms. The molecule has 5 nitrogen and oxygen atoms in total. The maximum Gasteiger partial charge on any atom is 0.295 e. The largest absolute Gasteiger partial charge is 0.319 e. The number of carbonyl (C=O) groups is 1. The number of hydrogen-bond acceptors (Lipinski definition) is 3. The van der Waals surface area contributed by atoms with Crippen molar-refractivity contribution in [1.29, 1.82) is 0 Å². The average molecular weight is 417 g/mol. The third kappa shape index (κ3) is 3.84. The number of halogens is 1. The Labute approximate surface area is 180 Å². The molecule has 30 heavy (non-hydrogen) atoms. The van der Waals surface area contributed by atoms with E-state index < -0.39 is 0 Å². The summed E-state index contributed by atoms with van der Waals surface area (Å²) >= 11 is 6.08. The molecule has 0 aliphatic rings. The highest BCUT2D eigenvalue weighted by molar-refractivity contribution is 6.31. The third-order valence-corrected chi connectivity index (χ3v) is 5.33. The first-order valence-corrected chi connectivity index (χ1v) is 9.98. The van der Waals surface area contributed by atoms with Gasteiger partial charge in [-0.3, -0.25) is 4.79 Å². The summed E-state index contributed by atoms with van der Waals surface area (Å²) in [5.41, 5.74) is 5.53. The molecule has 0 atom stereocenters. The Balaban J connectivity index is 1.80. The molecule has 6 heteroatoms. The number of aryl methyl sites for hydroxylation is 2. The summed E-state index contributed by atoms with van der Waals surface area (Å²) in [5.74, 6) is 0.313. The number of nitrogens with zero attached hydrogens (tertiary/aromatic N) is 3. The van der Waals surface area contributed by atoms with Crippen molar-refractivity contribution in [3.8, 4) is 17.1 Å². The van der Waals surface area contributed by atoms with E-state index in [2.05, 4.69) is 15.4 Å². The van der Waals surface area contributed by atoms with E-state index >= 15 is 0 Å². The minimum Gasteiger partial charge on any atom is -0.319 e. The molecule has 1 heterocycles. The van der Waals surface area contributed by atoms with Crippen LogP contribution in [0.15, 0.2) is 66.7 Å². The molecular formula is C24H21ClN4O. The minimum atomic E-state index is -0.387. The van der Waals surface area contributed by atoms with Gasteiger partial charge in [0, 0.05) is 16.3 Å². The Morgan fingerprint density at radius 2 is 1.70 bits per heavy atom. The van der Waals surface area contributed by atoms with Gasteiger partial charge in [-0.1, -0.05) is 60.1 Å². The Morgan fingerprint density at radius 1 is 0.933 bits per heavy atom. The van der Waals surface area contributed by atoms with Crippen molar-refractivity contribution in [3.05, 3.63) is 94.3 Å². The van der Waals surface area contributed by atoms with E-state index in [-0.39, 0.29) is 11.7 Å². The van der Waals surface area contributed by atoms with E-state index in [0.29, 0.717) is 16.5 Å². The standard InChI is InChI=1S/C24H21ClN4O/c1-15-8-7-11-21(17(15)3)29-23(18-9-5-4-6-10-18)27-22(28-29)24(30)26-20-14-19(25)13-12-16(20)2/h4-14H,1-3H3,(H,26,30). The molecule has 0 aliphatic heterocycles. The number of nitrogens with one attached hydrogen (secondary N) is 1. The van der Waals surface area contributed by atoms with E-state index in [0.717, 1.165) is 27.9 Å². The van der Waals surface area contributed by atoms with E-state index in [1.807, 2.05) is 75.4 Å². The fourth-order valence-corrected chi connectivity index (χ4v) is 3.39.